The molecule has 18 heavy (non-hydrogen) atoms. The lowest BCUT2D eigenvalue weighted by atomic mass is 9.98. The molecule has 0 aliphatic carbocycles. The van der Waals surface area contributed by atoms with Gasteiger partial charge in [-0.2, -0.15) is 0 Å². The molecule has 0 saturated heterocycles. The number of likely N-dealkylation sites (N-methyl/N-ethyl adjacent to an activating group) is 1. The Morgan fingerprint density at radius 3 is 2.56 bits per heavy atom. The Hall–Kier alpha value is -1.61. The summed E-state index contributed by atoms with van der Waals surface area (Å²) >= 11 is 0. The van der Waals surface area contributed by atoms with Crippen molar-refractivity contribution in [2.24, 2.45) is 0 Å². The van der Waals surface area contributed by atoms with Crippen molar-refractivity contribution < 1.29 is 8.81 Å². The van der Waals surface area contributed by atoms with Crippen LogP contribution in [0.5, 0.6) is 0 Å². The first kappa shape index (κ1) is 12.8. The zero-order valence-corrected chi connectivity index (χ0v) is 10.7. The van der Waals surface area contributed by atoms with Gasteiger partial charge >= 0.3 is 0 Å². The van der Waals surface area contributed by atoms with Crippen molar-refractivity contribution in [3.63, 3.8) is 0 Å². The van der Waals surface area contributed by atoms with Gasteiger partial charge in [-0.15, -0.1) is 0 Å². The molecule has 0 amide bonds. The first-order valence-corrected chi connectivity index (χ1v) is 6.22. The van der Waals surface area contributed by atoms with Gasteiger partial charge in [0.2, 0.25) is 0 Å². The second-order valence-electron chi connectivity index (χ2n) is 4.32. The van der Waals surface area contributed by atoms with Crippen LogP contribution in [0, 0.1) is 5.82 Å². The summed E-state index contributed by atoms with van der Waals surface area (Å²) in [7, 11) is 1.93. The van der Waals surface area contributed by atoms with E-state index in [1.54, 1.807) is 6.26 Å². The van der Waals surface area contributed by atoms with Gasteiger partial charge in [-0.05, 0) is 37.2 Å². The van der Waals surface area contributed by atoms with E-state index in [9.17, 15) is 4.39 Å². The minimum atomic E-state index is -0.197. The summed E-state index contributed by atoms with van der Waals surface area (Å²) in [6.07, 6.45) is 3.43. The molecule has 0 spiro atoms. The monoisotopic (exact) mass is 247 g/mol. The molecule has 96 valence electrons. The molecule has 1 heterocycles. The highest BCUT2D eigenvalue weighted by Gasteiger charge is 2.15. The minimum absolute atomic E-state index is 0.197. The minimum Gasteiger partial charge on any atom is -0.469 e. The smallest absolute Gasteiger partial charge is 0.123 e. The van der Waals surface area contributed by atoms with E-state index in [0.717, 1.165) is 24.2 Å². The van der Waals surface area contributed by atoms with E-state index in [0.29, 0.717) is 0 Å². The van der Waals surface area contributed by atoms with Crippen LogP contribution in [0.4, 0.5) is 4.39 Å². The maximum atomic E-state index is 12.9. The van der Waals surface area contributed by atoms with Crippen molar-refractivity contribution in [3.05, 3.63) is 59.3 Å². The summed E-state index contributed by atoms with van der Waals surface area (Å²) in [5.74, 6) is 0.814. The largest absolute Gasteiger partial charge is 0.469 e. The highest BCUT2D eigenvalue weighted by atomic mass is 19.1. The SMILES string of the molecule is CCc1occc1C(Cc1ccc(F)cc1)NC. The average molecular weight is 247 g/mol. The molecule has 0 fully saturated rings. The van der Waals surface area contributed by atoms with Gasteiger partial charge in [0, 0.05) is 18.0 Å². The fourth-order valence-corrected chi connectivity index (χ4v) is 2.17. The lowest BCUT2D eigenvalue weighted by molar-refractivity contribution is 0.495. The highest BCUT2D eigenvalue weighted by molar-refractivity contribution is 5.25. The van der Waals surface area contributed by atoms with Crippen LogP contribution in [0.1, 0.15) is 29.9 Å². The molecule has 0 radical (unpaired) electrons. The normalized spacial score (nSPS) is 12.6. The van der Waals surface area contributed by atoms with E-state index >= 15 is 0 Å². The summed E-state index contributed by atoms with van der Waals surface area (Å²) in [5.41, 5.74) is 2.29. The average Bonchev–Trinajstić information content (AvgIpc) is 2.86. The van der Waals surface area contributed by atoms with Crippen molar-refractivity contribution in [1.82, 2.24) is 5.32 Å². The lowest BCUT2D eigenvalue weighted by Gasteiger charge is -2.16. The van der Waals surface area contributed by atoms with E-state index in [2.05, 4.69) is 12.2 Å². The van der Waals surface area contributed by atoms with E-state index in [1.807, 2.05) is 25.2 Å². The number of hydrogen-bond donors (Lipinski definition) is 1. The number of halogens is 1. The van der Waals surface area contributed by atoms with Gasteiger partial charge in [0.25, 0.3) is 0 Å². The summed E-state index contributed by atoms with van der Waals surface area (Å²) in [5, 5.41) is 3.29. The standard InChI is InChI=1S/C15H18FNO/c1-3-15-13(8-9-18-15)14(17-2)10-11-4-6-12(16)7-5-11/h4-9,14,17H,3,10H2,1-2H3. The molecule has 0 aliphatic heterocycles. The summed E-state index contributed by atoms with van der Waals surface area (Å²) < 4.78 is 18.3. The van der Waals surface area contributed by atoms with Gasteiger partial charge in [0.05, 0.1) is 6.26 Å². The van der Waals surface area contributed by atoms with Crippen LogP contribution in [0.2, 0.25) is 0 Å². The topological polar surface area (TPSA) is 25.2 Å². The van der Waals surface area contributed by atoms with Crippen molar-refractivity contribution >= 4 is 0 Å². The fraction of sp³-hybridized carbons (Fsp3) is 0.333. The maximum absolute atomic E-state index is 12.9. The molecule has 2 rings (SSSR count). The molecule has 2 nitrogen and oxygen atoms in total. The Morgan fingerprint density at radius 1 is 1.22 bits per heavy atom. The molecule has 3 heteroatoms. The number of rotatable bonds is 5. The van der Waals surface area contributed by atoms with Gasteiger partial charge in [0.15, 0.2) is 0 Å². The predicted octanol–water partition coefficient (Wildman–Crippen LogP) is 3.48. The molecule has 1 unspecified atom stereocenters. The molecule has 0 saturated carbocycles. The van der Waals surface area contributed by atoms with Crippen molar-refractivity contribution in [2.75, 3.05) is 7.05 Å². The number of furan rings is 1. The lowest BCUT2D eigenvalue weighted by Crippen LogP contribution is -2.19. The zero-order chi connectivity index (χ0) is 13.0. The Bertz CT molecular complexity index is 489. The zero-order valence-electron chi connectivity index (χ0n) is 10.7. The van der Waals surface area contributed by atoms with E-state index in [1.165, 1.54) is 17.7 Å². The highest BCUT2D eigenvalue weighted by Crippen LogP contribution is 2.23. The molecule has 0 bridgehead atoms. The first-order chi connectivity index (χ1) is 8.74. The summed E-state index contributed by atoms with van der Waals surface area (Å²) in [6, 6.07) is 8.85. The van der Waals surface area contributed by atoms with Crippen molar-refractivity contribution in [3.8, 4) is 0 Å². The number of nitrogens with one attached hydrogen (secondary N) is 1. The van der Waals surface area contributed by atoms with Crippen LogP contribution in [-0.4, -0.2) is 7.05 Å². The van der Waals surface area contributed by atoms with E-state index in [-0.39, 0.29) is 11.9 Å². The van der Waals surface area contributed by atoms with Crippen LogP contribution in [0.3, 0.4) is 0 Å². The molecule has 0 aliphatic rings. The fourth-order valence-electron chi connectivity index (χ4n) is 2.17. The predicted molar refractivity (Wildman–Crippen MR) is 70.0 cm³/mol. The number of aryl methyl sites for hydroxylation is 1. The third kappa shape index (κ3) is 2.79. The maximum Gasteiger partial charge on any atom is 0.123 e. The third-order valence-corrected chi connectivity index (χ3v) is 3.18. The van der Waals surface area contributed by atoms with Crippen LogP contribution in [-0.2, 0) is 12.8 Å². The van der Waals surface area contributed by atoms with Gasteiger partial charge in [-0.1, -0.05) is 19.1 Å². The Kier molecular flexibility index (Phi) is 4.15. The molecule has 1 aromatic heterocycles. The summed E-state index contributed by atoms with van der Waals surface area (Å²) in [6.45, 7) is 2.08. The Balaban J connectivity index is 2.17. The quantitative estimate of drug-likeness (QED) is 0.875. The number of benzene rings is 1. The van der Waals surface area contributed by atoms with Gasteiger partial charge in [-0.3, -0.25) is 0 Å². The van der Waals surface area contributed by atoms with Crippen LogP contribution < -0.4 is 5.32 Å². The van der Waals surface area contributed by atoms with Gasteiger partial charge in [-0.25, -0.2) is 4.39 Å². The third-order valence-electron chi connectivity index (χ3n) is 3.18. The number of hydrogen-bond acceptors (Lipinski definition) is 2. The van der Waals surface area contributed by atoms with Crippen molar-refractivity contribution in [2.45, 2.75) is 25.8 Å². The molecule has 2 aromatic rings. The Morgan fingerprint density at radius 2 is 1.94 bits per heavy atom. The second-order valence-corrected chi connectivity index (χ2v) is 4.32. The molecule has 1 atom stereocenters. The van der Waals surface area contributed by atoms with E-state index < -0.39 is 0 Å². The molecular weight excluding hydrogens is 229 g/mol. The molecular formula is C15H18FNO. The molecule has 1 N–H and O–H groups in total. The van der Waals surface area contributed by atoms with Crippen LogP contribution in [0.15, 0.2) is 41.0 Å². The van der Waals surface area contributed by atoms with E-state index in [4.69, 9.17) is 4.42 Å². The van der Waals surface area contributed by atoms with Gasteiger partial charge < -0.3 is 9.73 Å². The first-order valence-electron chi connectivity index (χ1n) is 6.22. The van der Waals surface area contributed by atoms with Crippen LogP contribution >= 0.6 is 0 Å². The second kappa shape index (κ2) is 5.83. The summed E-state index contributed by atoms with van der Waals surface area (Å²) in [4.78, 5) is 0. The Labute approximate surface area is 107 Å². The van der Waals surface area contributed by atoms with Crippen LogP contribution in [0.25, 0.3) is 0 Å². The van der Waals surface area contributed by atoms with Gasteiger partial charge in [0.1, 0.15) is 11.6 Å². The molecule has 1 aromatic carbocycles. The van der Waals surface area contributed by atoms with Crippen molar-refractivity contribution in [1.29, 1.82) is 0 Å².